The summed E-state index contributed by atoms with van der Waals surface area (Å²) in [5, 5.41) is 15.3. The summed E-state index contributed by atoms with van der Waals surface area (Å²) in [5.41, 5.74) is 1.26. The Morgan fingerprint density at radius 2 is 2.00 bits per heavy atom. The van der Waals surface area contributed by atoms with E-state index in [9.17, 15) is 14.7 Å². The van der Waals surface area contributed by atoms with Gasteiger partial charge in [0.2, 0.25) is 0 Å². The van der Waals surface area contributed by atoms with E-state index >= 15 is 0 Å². The van der Waals surface area contributed by atoms with Gasteiger partial charge in [0, 0.05) is 15.3 Å². The summed E-state index contributed by atoms with van der Waals surface area (Å²) in [6, 6.07) is 9.97. The van der Waals surface area contributed by atoms with Crippen LogP contribution in [0.15, 0.2) is 52.7 Å². The molecular weight excluding hydrogens is 454 g/mol. The number of aliphatic hydroxyl groups is 1. The number of nitrogens with zero attached hydrogens (tertiary/aromatic N) is 1. The highest BCUT2D eigenvalue weighted by Gasteiger charge is 2.47. The smallest absolute Gasteiger partial charge is 0.296 e. The van der Waals surface area contributed by atoms with E-state index in [4.69, 9.17) is 16.3 Å². The molecule has 1 aliphatic rings. The van der Waals surface area contributed by atoms with Gasteiger partial charge in [-0.05, 0) is 60.5 Å². The number of aliphatic hydroxyl groups excluding tert-OH is 1. The molecule has 0 radical (unpaired) electrons. The number of aryl methyl sites for hydroxylation is 1. The van der Waals surface area contributed by atoms with Crippen molar-refractivity contribution in [2.75, 3.05) is 6.61 Å². The number of thiophene rings is 2. The van der Waals surface area contributed by atoms with Crippen LogP contribution < -0.4 is 4.74 Å². The minimum Gasteiger partial charge on any atom is -0.507 e. The second-order valence-corrected chi connectivity index (χ2v) is 9.44. The Hall–Kier alpha value is -2.61. The van der Waals surface area contributed by atoms with E-state index in [1.807, 2.05) is 42.8 Å². The third-order valence-corrected chi connectivity index (χ3v) is 7.36. The summed E-state index contributed by atoms with van der Waals surface area (Å²) in [4.78, 5) is 29.5. The molecule has 8 heteroatoms. The van der Waals surface area contributed by atoms with Gasteiger partial charge in [0.1, 0.15) is 17.6 Å². The lowest BCUT2D eigenvalue weighted by atomic mass is 9.98. The molecular formula is C23H20ClNO4S2. The predicted octanol–water partition coefficient (Wildman–Crippen LogP) is 5.79. The van der Waals surface area contributed by atoms with E-state index in [1.165, 1.54) is 27.6 Å². The number of ether oxygens (including phenoxy) is 1. The van der Waals surface area contributed by atoms with Crippen LogP contribution in [0.25, 0.3) is 5.76 Å². The van der Waals surface area contributed by atoms with Crippen molar-refractivity contribution in [1.29, 1.82) is 0 Å². The summed E-state index contributed by atoms with van der Waals surface area (Å²) >= 11 is 9.32. The van der Waals surface area contributed by atoms with E-state index < -0.39 is 17.7 Å². The molecule has 160 valence electrons. The second-order valence-electron chi connectivity index (χ2n) is 7.05. The first-order valence-electron chi connectivity index (χ1n) is 9.69. The van der Waals surface area contributed by atoms with E-state index in [0.717, 1.165) is 15.3 Å². The average molecular weight is 474 g/mol. The zero-order valence-corrected chi connectivity index (χ0v) is 19.3. The maximum Gasteiger partial charge on any atom is 0.296 e. The second kappa shape index (κ2) is 8.86. The van der Waals surface area contributed by atoms with Crippen molar-refractivity contribution >= 4 is 51.7 Å². The Morgan fingerprint density at radius 3 is 2.65 bits per heavy atom. The molecule has 1 fully saturated rings. The summed E-state index contributed by atoms with van der Waals surface area (Å²) in [6.07, 6.45) is 0. The number of hydrogen-bond donors (Lipinski definition) is 1. The number of Topliss-reactive ketones (excluding diaryl/α,β-unsaturated/α-hetero) is 1. The van der Waals surface area contributed by atoms with E-state index in [0.29, 0.717) is 12.4 Å². The standard InChI is InChI=1S/C23H20ClNO4S2/c1-3-29-14-6-7-17(24)16(11-14)20(26)18-19(22-13(2)8-10-31-22)25(23(28)21(18)27)12-15-5-4-9-30-15/h4-11,19,26H,3,12H2,1-2H3/b20-18+. The number of ketones is 1. The van der Waals surface area contributed by atoms with Gasteiger partial charge in [-0.1, -0.05) is 17.7 Å². The van der Waals surface area contributed by atoms with Crippen LogP contribution in [0.1, 0.15) is 33.8 Å². The molecule has 3 heterocycles. The Morgan fingerprint density at radius 1 is 1.19 bits per heavy atom. The van der Waals surface area contributed by atoms with Crippen molar-refractivity contribution in [1.82, 2.24) is 4.90 Å². The van der Waals surface area contributed by atoms with Crippen LogP contribution in [0.4, 0.5) is 0 Å². The minimum absolute atomic E-state index is 0.0441. The summed E-state index contributed by atoms with van der Waals surface area (Å²) in [7, 11) is 0. The molecule has 1 aliphatic heterocycles. The number of amides is 1. The van der Waals surface area contributed by atoms with E-state index in [-0.39, 0.29) is 28.5 Å². The van der Waals surface area contributed by atoms with Crippen molar-refractivity contribution < 1.29 is 19.4 Å². The van der Waals surface area contributed by atoms with E-state index in [2.05, 4.69) is 0 Å². The van der Waals surface area contributed by atoms with Crippen molar-refractivity contribution in [2.45, 2.75) is 26.4 Å². The molecule has 1 aromatic carbocycles. The normalized spacial score (nSPS) is 18.0. The van der Waals surface area contributed by atoms with Crippen LogP contribution in [-0.4, -0.2) is 28.3 Å². The topological polar surface area (TPSA) is 66.8 Å². The fourth-order valence-corrected chi connectivity index (χ4v) is 5.59. The summed E-state index contributed by atoms with van der Waals surface area (Å²) in [5.74, 6) is -1.13. The molecule has 31 heavy (non-hydrogen) atoms. The summed E-state index contributed by atoms with van der Waals surface area (Å²) in [6.45, 7) is 4.51. The fraction of sp³-hybridized carbons (Fsp3) is 0.217. The first kappa shape index (κ1) is 21.6. The Kier molecular flexibility index (Phi) is 6.18. The zero-order chi connectivity index (χ0) is 22.1. The van der Waals surface area contributed by atoms with Crippen molar-refractivity contribution in [3.63, 3.8) is 0 Å². The molecule has 0 saturated carbocycles. The van der Waals surface area contributed by atoms with Gasteiger partial charge in [0.05, 0.1) is 23.7 Å². The van der Waals surface area contributed by atoms with E-state index in [1.54, 1.807) is 18.2 Å². The molecule has 1 saturated heterocycles. The van der Waals surface area contributed by atoms with Crippen LogP contribution >= 0.6 is 34.3 Å². The molecule has 0 aliphatic carbocycles. The lowest BCUT2D eigenvalue weighted by molar-refractivity contribution is -0.140. The van der Waals surface area contributed by atoms with Crippen molar-refractivity contribution in [3.8, 4) is 5.75 Å². The number of benzene rings is 1. The highest BCUT2D eigenvalue weighted by Crippen LogP contribution is 2.44. The first-order valence-corrected chi connectivity index (χ1v) is 11.8. The molecule has 1 amide bonds. The highest BCUT2D eigenvalue weighted by atomic mass is 35.5. The molecule has 0 spiro atoms. The number of likely N-dealkylation sites (tertiary alicyclic amines) is 1. The highest BCUT2D eigenvalue weighted by molar-refractivity contribution is 7.10. The van der Waals surface area contributed by atoms with Crippen LogP contribution in [-0.2, 0) is 16.1 Å². The van der Waals surface area contributed by atoms with Gasteiger partial charge < -0.3 is 14.7 Å². The largest absolute Gasteiger partial charge is 0.507 e. The molecule has 1 unspecified atom stereocenters. The number of hydrogen-bond acceptors (Lipinski definition) is 6. The Bertz CT molecular complexity index is 1170. The molecule has 0 bridgehead atoms. The third-order valence-electron chi connectivity index (χ3n) is 5.10. The van der Waals surface area contributed by atoms with Gasteiger partial charge in [-0.15, -0.1) is 22.7 Å². The third kappa shape index (κ3) is 4.01. The number of carbonyl (C=O) groups is 2. The first-order chi connectivity index (χ1) is 14.9. The van der Waals surface area contributed by atoms with Crippen LogP contribution in [0.5, 0.6) is 5.75 Å². The van der Waals surface area contributed by atoms with Gasteiger partial charge in [0.25, 0.3) is 11.7 Å². The van der Waals surface area contributed by atoms with Gasteiger partial charge in [-0.25, -0.2) is 0 Å². The van der Waals surface area contributed by atoms with Crippen LogP contribution in [0.3, 0.4) is 0 Å². The van der Waals surface area contributed by atoms with Gasteiger partial charge >= 0.3 is 0 Å². The molecule has 3 aromatic rings. The monoisotopic (exact) mass is 473 g/mol. The SMILES string of the molecule is CCOc1ccc(Cl)c(/C(O)=C2\C(=O)C(=O)N(Cc3cccs3)C2c2sccc2C)c1. The van der Waals surface area contributed by atoms with Crippen molar-refractivity contribution in [3.05, 3.63) is 78.6 Å². The maximum absolute atomic E-state index is 13.1. The number of carbonyl (C=O) groups excluding carboxylic acids is 2. The molecule has 4 rings (SSSR count). The van der Waals surface area contributed by atoms with Crippen molar-refractivity contribution in [2.24, 2.45) is 0 Å². The van der Waals surface area contributed by atoms with Gasteiger partial charge in [-0.2, -0.15) is 0 Å². The quantitative estimate of drug-likeness (QED) is 0.279. The zero-order valence-electron chi connectivity index (χ0n) is 16.9. The Balaban J connectivity index is 1.88. The molecule has 5 nitrogen and oxygen atoms in total. The Labute approximate surface area is 193 Å². The van der Waals surface area contributed by atoms with Gasteiger partial charge in [0.15, 0.2) is 0 Å². The van der Waals surface area contributed by atoms with Gasteiger partial charge in [-0.3, -0.25) is 9.59 Å². The lowest BCUT2D eigenvalue weighted by Crippen LogP contribution is -2.28. The fourth-order valence-electron chi connectivity index (χ4n) is 3.64. The summed E-state index contributed by atoms with van der Waals surface area (Å²) < 4.78 is 5.52. The minimum atomic E-state index is -0.718. The number of rotatable bonds is 6. The lowest BCUT2D eigenvalue weighted by Gasteiger charge is -2.24. The van der Waals surface area contributed by atoms with Crippen LogP contribution in [0.2, 0.25) is 5.02 Å². The van der Waals surface area contributed by atoms with Crippen LogP contribution in [0, 0.1) is 6.92 Å². The average Bonchev–Trinajstić information content (AvgIpc) is 3.46. The number of halogens is 1. The predicted molar refractivity (Wildman–Crippen MR) is 124 cm³/mol. The molecule has 1 atom stereocenters. The molecule has 2 aromatic heterocycles. The molecule has 1 N–H and O–H groups in total. The maximum atomic E-state index is 13.1.